The summed E-state index contributed by atoms with van der Waals surface area (Å²) in [5, 5.41) is 1.44. The highest BCUT2D eigenvalue weighted by Crippen LogP contribution is 2.29. The Morgan fingerprint density at radius 2 is 2.09 bits per heavy atom. The van der Waals surface area contributed by atoms with Crippen molar-refractivity contribution in [2.75, 3.05) is 0 Å². The van der Waals surface area contributed by atoms with Gasteiger partial charge in [-0.2, -0.15) is 0 Å². The second kappa shape index (κ2) is 6.56. The third kappa shape index (κ3) is 3.35. The summed E-state index contributed by atoms with van der Waals surface area (Å²) in [7, 11) is 0. The van der Waals surface area contributed by atoms with Crippen molar-refractivity contribution in [3.05, 3.63) is 56.4 Å². The number of benzene rings is 1. The van der Waals surface area contributed by atoms with Crippen LogP contribution in [0.25, 0.3) is 10.6 Å². The first-order valence-electron chi connectivity index (χ1n) is 6.41. The molecule has 0 fully saturated rings. The molecule has 7 heteroatoms. The van der Waals surface area contributed by atoms with Crippen molar-refractivity contribution in [3.8, 4) is 10.6 Å². The Balaban J connectivity index is 1.76. The fraction of sp³-hybridized carbons (Fsp3) is 0.133. The van der Waals surface area contributed by atoms with Crippen LogP contribution in [-0.2, 0) is 11.3 Å². The first kappa shape index (κ1) is 15.1. The van der Waals surface area contributed by atoms with Gasteiger partial charge in [0.15, 0.2) is 0 Å². The van der Waals surface area contributed by atoms with Crippen molar-refractivity contribution >= 4 is 40.2 Å². The van der Waals surface area contributed by atoms with Crippen LogP contribution in [0.1, 0.15) is 20.2 Å². The Hall–Kier alpha value is -1.76. The maximum atomic E-state index is 12.2. The number of hydrogen-bond acceptors (Lipinski definition) is 6. The molecule has 1 aromatic carbocycles. The van der Waals surface area contributed by atoms with E-state index in [1.807, 2.05) is 12.1 Å². The predicted octanol–water partition coefficient (Wildman–Crippen LogP) is 4.59. The molecule has 0 radical (unpaired) electrons. The first-order valence-corrected chi connectivity index (χ1v) is 8.49. The standard InChI is InChI=1S/C15H11ClN2O2S2/c1-9-13(15(19)20-7-12-6-17-8-21-12)22-14(18-9)10-2-4-11(16)5-3-10/h2-6,8H,7H2,1H3. The third-order valence-corrected chi connectivity index (χ3v) is 5.09. The minimum Gasteiger partial charge on any atom is -0.456 e. The lowest BCUT2D eigenvalue weighted by molar-refractivity contribution is 0.0481. The van der Waals surface area contributed by atoms with Gasteiger partial charge in [-0.05, 0) is 19.1 Å². The minimum absolute atomic E-state index is 0.233. The summed E-state index contributed by atoms with van der Waals surface area (Å²) in [5.41, 5.74) is 3.31. The second-order valence-electron chi connectivity index (χ2n) is 4.48. The van der Waals surface area contributed by atoms with Gasteiger partial charge in [0.1, 0.15) is 16.5 Å². The molecule has 3 aromatic rings. The Labute approximate surface area is 140 Å². The Bertz CT molecular complexity index is 782. The maximum absolute atomic E-state index is 12.2. The van der Waals surface area contributed by atoms with Crippen molar-refractivity contribution in [3.63, 3.8) is 0 Å². The summed E-state index contributed by atoms with van der Waals surface area (Å²) in [6, 6.07) is 7.37. The molecule has 3 rings (SSSR count). The second-order valence-corrected chi connectivity index (χ2v) is 6.89. The van der Waals surface area contributed by atoms with E-state index in [0.717, 1.165) is 15.4 Å². The van der Waals surface area contributed by atoms with E-state index in [1.54, 1.807) is 30.8 Å². The van der Waals surface area contributed by atoms with Gasteiger partial charge in [-0.25, -0.2) is 9.78 Å². The van der Waals surface area contributed by atoms with Crippen LogP contribution in [0, 0.1) is 6.92 Å². The fourth-order valence-electron chi connectivity index (χ4n) is 1.82. The van der Waals surface area contributed by atoms with Crippen molar-refractivity contribution in [1.29, 1.82) is 0 Å². The summed E-state index contributed by atoms with van der Waals surface area (Å²) in [4.78, 5) is 22.0. The van der Waals surface area contributed by atoms with Crippen LogP contribution in [0.15, 0.2) is 36.0 Å². The molecule has 0 atom stereocenters. The largest absolute Gasteiger partial charge is 0.456 e. The lowest BCUT2D eigenvalue weighted by Gasteiger charge is -2.00. The Morgan fingerprint density at radius 1 is 1.32 bits per heavy atom. The van der Waals surface area contributed by atoms with Crippen LogP contribution >= 0.6 is 34.3 Å². The van der Waals surface area contributed by atoms with Gasteiger partial charge in [-0.1, -0.05) is 23.7 Å². The van der Waals surface area contributed by atoms with E-state index in [0.29, 0.717) is 15.6 Å². The first-order chi connectivity index (χ1) is 10.6. The van der Waals surface area contributed by atoms with E-state index in [4.69, 9.17) is 16.3 Å². The molecule has 0 N–H and O–H groups in total. The van der Waals surface area contributed by atoms with E-state index in [-0.39, 0.29) is 12.6 Å². The van der Waals surface area contributed by atoms with Gasteiger partial charge in [0.05, 0.1) is 16.1 Å². The molecule has 0 saturated carbocycles. The van der Waals surface area contributed by atoms with Gasteiger partial charge in [0, 0.05) is 16.8 Å². The van der Waals surface area contributed by atoms with Crippen LogP contribution in [-0.4, -0.2) is 15.9 Å². The summed E-state index contributed by atoms with van der Waals surface area (Å²) in [6.07, 6.45) is 1.69. The fourth-order valence-corrected chi connectivity index (χ4v) is 3.41. The van der Waals surface area contributed by atoms with E-state index >= 15 is 0 Å². The Kier molecular flexibility index (Phi) is 4.52. The normalized spacial score (nSPS) is 10.6. The highest BCUT2D eigenvalue weighted by Gasteiger charge is 2.17. The van der Waals surface area contributed by atoms with Crippen LogP contribution in [0.3, 0.4) is 0 Å². The number of rotatable bonds is 4. The molecule has 0 unspecified atom stereocenters. The number of carbonyl (C=O) groups is 1. The molecule has 0 aliphatic carbocycles. The van der Waals surface area contributed by atoms with Crippen molar-refractivity contribution in [1.82, 2.24) is 9.97 Å². The Morgan fingerprint density at radius 3 is 2.77 bits per heavy atom. The summed E-state index contributed by atoms with van der Waals surface area (Å²) in [6.45, 7) is 2.04. The van der Waals surface area contributed by atoms with Gasteiger partial charge in [-0.3, -0.25) is 4.98 Å². The average molecular weight is 351 g/mol. The molecule has 0 aliphatic rings. The molecule has 22 heavy (non-hydrogen) atoms. The number of thiazole rings is 2. The zero-order valence-electron chi connectivity index (χ0n) is 11.6. The molecule has 0 bridgehead atoms. The molecule has 0 aliphatic heterocycles. The van der Waals surface area contributed by atoms with Crippen LogP contribution in [0.2, 0.25) is 5.02 Å². The number of esters is 1. The van der Waals surface area contributed by atoms with Gasteiger partial charge in [0.2, 0.25) is 0 Å². The lowest BCUT2D eigenvalue weighted by Crippen LogP contribution is -2.04. The molecular weight excluding hydrogens is 340 g/mol. The van der Waals surface area contributed by atoms with Crippen LogP contribution < -0.4 is 0 Å². The van der Waals surface area contributed by atoms with Crippen molar-refractivity contribution in [2.24, 2.45) is 0 Å². The van der Waals surface area contributed by atoms with Crippen LogP contribution in [0.5, 0.6) is 0 Å². The van der Waals surface area contributed by atoms with Crippen molar-refractivity contribution in [2.45, 2.75) is 13.5 Å². The molecular formula is C15H11ClN2O2S2. The predicted molar refractivity (Wildman–Crippen MR) is 88.5 cm³/mol. The minimum atomic E-state index is -0.358. The quantitative estimate of drug-likeness (QED) is 0.646. The van der Waals surface area contributed by atoms with Gasteiger partial charge in [0.25, 0.3) is 0 Å². The topological polar surface area (TPSA) is 52.1 Å². The van der Waals surface area contributed by atoms with E-state index in [9.17, 15) is 4.79 Å². The zero-order chi connectivity index (χ0) is 15.5. The highest BCUT2D eigenvalue weighted by molar-refractivity contribution is 7.17. The average Bonchev–Trinajstić information content (AvgIpc) is 3.15. The molecule has 0 spiro atoms. The molecule has 2 heterocycles. The summed E-state index contributed by atoms with van der Waals surface area (Å²) < 4.78 is 5.30. The zero-order valence-corrected chi connectivity index (χ0v) is 14.0. The molecule has 112 valence electrons. The van der Waals surface area contributed by atoms with E-state index in [2.05, 4.69) is 9.97 Å². The lowest BCUT2D eigenvalue weighted by atomic mass is 10.2. The van der Waals surface area contributed by atoms with E-state index < -0.39 is 0 Å². The molecule has 0 amide bonds. The smallest absolute Gasteiger partial charge is 0.350 e. The number of hydrogen-bond donors (Lipinski definition) is 0. The number of nitrogens with zero attached hydrogens (tertiary/aromatic N) is 2. The molecule has 2 aromatic heterocycles. The summed E-state index contributed by atoms with van der Waals surface area (Å²) >= 11 is 8.66. The number of ether oxygens (including phenoxy) is 1. The van der Waals surface area contributed by atoms with Crippen molar-refractivity contribution < 1.29 is 9.53 Å². The van der Waals surface area contributed by atoms with Crippen LogP contribution in [0.4, 0.5) is 0 Å². The number of aromatic nitrogens is 2. The highest BCUT2D eigenvalue weighted by atomic mass is 35.5. The third-order valence-electron chi connectivity index (χ3n) is 2.90. The van der Waals surface area contributed by atoms with E-state index in [1.165, 1.54) is 22.7 Å². The summed E-state index contributed by atoms with van der Waals surface area (Å²) in [5.74, 6) is -0.358. The molecule has 4 nitrogen and oxygen atoms in total. The number of carbonyl (C=O) groups excluding carboxylic acids is 1. The number of aryl methyl sites for hydroxylation is 1. The molecule has 0 saturated heterocycles. The number of halogens is 1. The van der Waals surface area contributed by atoms with Gasteiger partial charge in [-0.15, -0.1) is 22.7 Å². The maximum Gasteiger partial charge on any atom is 0.350 e. The SMILES string of the molecule is Cc1nc(-c2ccc(Cl)cc2)sc1C(=O)OCc1cncs1. The van der Waals surface area contributed by atoms with Gasteiger partial charge >= 0.3 is 5.97 Å². The van der Waals surface area contributed by atoms with Gasteiger partial charge < -0.3 is 4.74 Å². The monoisotopic (exact) mass is 350 g/mol.